The molecule has 0 saturated heterocycles. The predicted molar refractivity (Wildman–Crippen MR) is 108 cm³/mol. The Labute approximate surface area is 157 Å². The number of nitrogens with two attached hydrogens (primary N) is 1. The first kappa shape index (κ1) is 16.9. The summed E-state index contributed by atoms with van der Waals surface area (Å²) in [4.78, 5) is 10.5. The highest BCUT2D eigenvalue weighted by Crippen LogP contribution is 2.42. The maximum absolute atomic E-state index is 6.16. The second kappa shape index (κ2) is 6.64. The van der Waals surface area contributed by atoms with Crippen molar-refractivity contribution < 1.29 is 9.15 Å². The molecule has 2 heterocycles. The highest BCUT2D eigenvalue weighted by atomic mass is 16.5. The van der Waals surface area contributed by atoms with Crippen molar-refractivity contribution in [1.29, 1.82) is 0 Å². The number of fused-ring (bicyclic) bond motifs is 1. The van der Waals surface area contributed by atoms with Gasteiger partial charge in [-0.15, -0.1) is 0 Å². The minimum atomic E-state index is 0.394. The fourth-order valence-corrected chi connectivity index (χ4v) is 3.10. The van der Waals surface area contributed by atoms with Gasteiger partial charge in [0.2, 0.25) is 5.71 Å². The third kappa shape index (κ3) is 2.95. The zero-order valence-electron chi connectivity index (χ0n) is 15.4. The Bertz CT molecular complexity index is 1080. The summed E-state index contributed by atoms with van der Waals surface area (Å²) in [5, 5.41) is 0.717. The van der Waals surface area contributed by atoms with Crippen LogP contribution in [-0.2, 0) is 0 Å². The zero-order chi connectivity index (χ0) is 19.0. The van der Waals surface area contributed by atoms with Gasteiger partial charge < -0.3 is 19.8 Å². The number of ether oxygens (including phenoxy) is 1. The normalized spacial score (nSPS) is 10.9. The molecule has 0 radical (unpaired) electrons. The number of aromatic nitrogens is 2. The van der Waals surface area contributed by atoms with Crippen LogP contribution in [0.4, 0.5) is 11.5 Å². The van der Waals surface area contributed by atoms with E-state index in [0.29, 0.717) is 22.7 Å². The highest BCUT2D eigenvalue weighted by molar-refractivity contribution is 6.05. The first-order chi connectivity index (χ1) is 13.1. The van der Waals surface area contributed by atoms with E-state index in [4.69, 9.17) is 14.9 Å². The molecule has 4 aromatic rings. The van der Waals surface area contributed by atoms with Gasteiger partial charge in [-0.05, 0) is 42.0 Å². The molecule has 6 nitrogen and oxygen atoms in total. The summed E-state index contributed by atoms with van der Waals surface area (Å²) in [5.74, 6) is 1.89. The molecule has 0 aliphatic rings. The van der Waals surface area contributed by atoms with Crippen LogP contribution < -0.4 is 15.4 Å². The van der Waals surface area contributed by atoms with E-state index in [2.05, 4.69) is 27.0 Å². The number of nitrogen functional groups attached to an aromatic ring is 1. The fourth-order valence-electron chi connectivity index (χ4n) is 3.10. The van der Waals surface area contributed by atoms with Crippen LogP contribution in [-0.4, -0.2) is 31.2 Å². The molecule has 0 atom stereocenters. The predicted octanol–water partition coefficient (Wildman–Crippen LogP) is 4.21. The Morgan fingerprint density at radius 2 is 1.59 bits per heavy atom. The highest BCUT2D eigenvalue weighted by Gasteiger charge is 2.21. The van der Waals surface area contributed by atoms with Gasteiger partial charge in [0.15, 0.2) is 0 Å². The first-order valence-corrected chi connectivity index (χ1v) is 8.53. The van der Waals surface area contributed by atoms with E-state index in [0.717, 1.165) is 28.1 Å². The summed E-state index contributed by atoms with van der Waals surface area (Å²) in [5.41, 5.74) is 10.5. The van der Waals surface area contributed by atoms with Gasteiger partial charge in [-0.1, -0.05) is 12.1 Å². The van der Waals surface area contributed by atoms with Gasteiger partial charge >= 0.3 is 0 Å². The van der Waals surface area contributed by atoms with E-state index in [1.165, 1.54) is 6.33 Å². The molecule has 0 bridgehead atoms. The van der Waals surface area contributed by atoms with Crippen molar-refractivity contribution in [3.8, 4) is 28.2 Å². The van der Waals surface area contributed by atoms with E-state index < -0.39 is 0 Å². The average molecular weight is 360 g/mol. The van der Waals surface area contributed by atoms with Crippen molar-refractivity contribution in [3.63, 3.8) is 0 Å². The Balaban J connectivity index is 1.95. The van der Waals surface area contributed by atoms with Crippen LogP contribution in [0.25, 0.3) is 33.6 Å². The average Bonchev–Trinajstić information content (AvgIpc) is 3.09. The second-order valence-electron chi connectivity index (χ2n) is 6.42. The van der Waals surface area contributed by atoms with Crippen molar-refractivity contribution in [2.75, 3.05) is 31.8 Å². The van der Waals surface area contributed by atoms with Crippen molar-refractivity contribution in [1.82, 2.24) is 9.97 Å². The first-order valence-electron chi connectivity index (χ1n) is 8.53. The molecule has 0 unspecified atom stereocenters. The lowest BCUT2D eigenvalue weighted by Crippen LogP contribution is -2.07. The number of hydrogen-bond acceptors (Lipinski definition) is 6. The molecular weight excluding hydrogens is 340 g/mol. The lowest BCUT2D eigenvalue weighted by atomic mass is 9.99. The van der Waals surface area contributed by atoms with Crippen molar-refractivity contribution in [2.24, 2.45) is 0 Å². The molecule has 4 rings (SSSR count). The number of furan rings is 1. The van der Waals surface area contributed by atoms with Gasteiger partial charge in [0.25, 0.3) is 0 Å². The summed E-state index contributed by atoms with van der Waals surface area (Å²) in [7, 11) is 5.66. The molecular formula is C21H20N4O2. The molecule has 0 aliphatic carbocycles. The third-order valence-corrected chi connectivity index (χ3v) is 4.54. The molecule has 2 aromatic heterocycles. The van der Waals surface area contributed by atoms with Gasteiger partial charge in [0.05, 0.1) is 12.5 Å². The topological polar surface area (TPSA) is 77.4 Å². The maximum Gasteiger partial charge on any atom is 0.232 e. The summed E-state index contributed by atoms with van der Waals surface area (Å²) in [6, 6.07) is 15.9. The summed E-state index contributed by atoms with van der Waals surface area (Å²) >= 11 is 0. The summed E-state index contributed by atoms with van der Waals surface area (Å²) in [6.07, 6.45) is 1.41. The SMILES string of the molecule is COc1ccc(-c2c(-c3ccc(N(C)C)cc3)oc3ncnc(N)c23)cc1. The van der Waals surface area contributed by atoms with E-state index in [9.17, 15) is 0 Å². The second-order valence-corrected chi connectivity index (χ2v) is 6.42. The number of rotatable bonds is 4. The van der Waals surface area contributed by atoms with Crippen LogP contribution >= 0.6 is 0 Å². The minimum Gasteiger partial charge on any atom is -0.497 e. The molecule has 0 amide bonds. The molecule has 2 N–H and O–H groups in total. The molecule has 2 aromatic carbocycles. The minimum absolute atomic E-state index is 0.394. The number of benzene rings is 2. The van der Waals surface area contributed by atoms with Crippen LogP contribution in [0.3, 0.4) is 0 Å². The monoisotopic (exact) mass is 360 g/mol. The Kier molecular flexibility index (Phi) is 4.16. The van der Waals surface area contributed by atoms with E-state index in [1.54, 1.807) is 7.11 Å². The molecule has 0 fully saturated rings. The van der Waals surface area contributed by atoms with E-state index >= 15 is 0 Å². The smallest absolute Gasteiger partial charge is 0.232 e. The van der Waals surface area contributed by atoms with Crippen molar-refractivity contribution >= 4 is 22.6 Å². The van der Waals surface area contributed by atoms with Gasteiger partial charge in [-0.25, -0.2) is 9.97 Å². The lowest BCUT2D eigenvalue weighted by molar-refractivity contribution is 0.415. The number of methoxy groups -OCH3 is 1. The fraction of sp³-hybridized carbons (Fsp3) is 0.143. The zero-order valence-corrected chi connectivity index (χ0v) is 15.4. The Morgan fingerprint density at radius 1 is 0.926 bits per heavy atom. The van der Waals surface area contributed by atoms with Gasteiger partial charge in [0.1, 0.15) is 23.7 Å². The van der Waals surface area contributed by atoms with Crippen LogP contribution in [0.1, 0.15) is 0 Å². The van der Waals surface area contributed by atoms with Crippen LogP contribution in [0, 0.1) is 0 Å². The van der Waals surface area contributed by atoms with Crippen LogP contribution in [0.5, 0.6) is 5.75 Å². The van der Waals surface area contributed by atoms with Crippen molar-refractivity contribution in [3.05, 3.63) is 54.9 Å². The Morgan fingerprint density at radius 3 is 2.22 bits per heavy atom. The lowest BCUT2D eigenvalue weighted by Gasteiger charge is -2.12. The van der Waals surface area contributed by atoms with E-state index in [1.807, 2.05) is 50.5 Å². The quantitative estimate of drug-likeness (QED) is 0.587. The van der Waals surface area contributed by atoms with Gasteiger partial charge in [-0.2, -0.15) is 0 Å². The van der Waals surface area contributed by atoms with E-state index in [-0.39, 0.29) is 0 Å². The molecule has 0 aliphatic heterocycles. The Hall–Kier alpha value is -3.54. The largest absolute Gasteiger partial charge is 0.497 e. The molecule has 27 heavy (non-hydrogen) atoms. The summed E-state index contributed by atoms with van der Waals surface area (Å²) < 4.78 is 11.4. The molecule has 6 heteroatoms. The number of anilines is 2. The molecule has 0 spiro atoms. The number of nitrogens with zero attached hydrogens (tertiary/aromatic N) is 3. The van der Waals surface area contributed by atoms with Crippen LogP contribution in [0.2, 0.25) is 0 Å². The number of hydrogen-bond donors (Lipinski definition) is 1. The maximum atomic E-state index is 6.16. The summed E-state index contributed by atoms with van der Waals surface area (Å²) in [6.45, 7) is 0. The van der Waals surface area contributed by atoms with Crippen LogP contribution in [0.15, 0.2) is 59.3 Å². The third-order valence-electron chi connectivity index (χ3n) is 4.54. The molecule has 0 saturated carbocycles. The standard InChI is InChI=1S/C21H20N4O2/c1-25(2)15-8-4-14(5-9-15)19-17(13-6-10-16(26-3)11-7-13)18-20(22)23-12-24-21(18)27-19/h4-12H,1-3H3,(H2,22,23,24). The molecule has 136 valence electrons. The van der Waals surface area contributed by atoms with Gasteiger partial charge in [-0.3, -0.25) is 0 Å². The van der Waals surface area contributed by atoms with Gasteiger partial charge in [0, 0.05) is 30.9 Å². The van der Waals surface area contributed by atoms with Crippen molar-refractivity contribution in [2.45, 2.75) is 0 Å².